The van der Waals surface area contributed by atoms with Crippen LogP contribution in [-0.4, -0.2) is 38.6 Å². The Morgan fingerprint density at radius 1 is 0.947 bits per heavy atom. The zero-order valence-corrected chi connectivity index (χ0v) is 11.2. The molecule has 3 fully saturated rings. The lowest BCUT2D eigenvalue weighted by atomic mass is 9.86. The fraction of sp³-hybridized carbons (Fsp3) is 0.750. The molecule has 0 spiro atoms. The molecule has 0 aromatic heterocycles. The normalized spacial score (nSPS) is 46.9. The van der Waals surface area contributed by atoms with Crippen LogP contribution in [0.5, 0.6) is 0 Å². The first-order valence-corrected chi connectivity index (χ1v) is 7.56. The van der Waals surface area contributed by atoms with Crippen molar-refractivity contribution in [1.82, 2.24) is 0 Å². The van der Waals surface area contributed by atoms with Crippen molar-refractivity contribution in [1.29, 1.82) is 0 Å². The third-order valence-corrected chi connectivity index (χ3v) is 4.87. The van der Waals surface area contributed by atoms with Crippen molar-refractivity contribution in [3.63, 3.8) is 0 Å². The van der Waals surface area contributed by atoms with E-state index in [1.54, 1.807) is 0 Å². The molecule has 2 saturated heterocycles. The molecule has 1 saturated carbocycles. The standard InChI is InChI=1S/C10H12.C6H10O3/c1-2-9-7-4-5-8(6-7)10(9)3-1;1(5-3-8-5)7-2-6-4-9-6/h1-2,4-5,7-10H,3,6H2;5-6H,1-4H2. The maximum Gasteiger partial charge on any atom is 0.104 e. The molecule has 5 aliphatic rings. The van der Waals surface area contributed by atoms with Crippen molar-refractivity contribution >= 4 is 0 Å². The molecule has 2 aliphatic heterocycles. The maximum atomic E-state index is 5.23. The smallest absolute Gasteiger partial charge is 0.104 e. The number of epoxide rings is 2. The predicted molar refractivity (Wildman–Crippen MR) is 71.8 cm³/mol. The highest BCUT2D eigenvalue weighted by Gasteiger charge is 2.44. The summed E-state index contributed by atoms with van der Waals surface area (Å²) in [6.07, 6.45) is 13.3. The molecule has 0 radical (unpaired) electrons. The fourth-order valence-electron chi connectivity index (χ4n) is 3.63. The first kappa shape index (κ1) is 12.1. The molecule has 2 bridgehead atoms. The summed E-state index contributed by atoms with van der Waals surface area (Å²) in [5.74, 6) is 3.82. The van der Waals surface area contributed by atoms with Gasteiger partial charge in [0.25, 0.3) is 0 Å². The summed E-state index contributed by atoms with van der Waals surface area (Å²) < 4.78 is 15.1. The number of hydrogen-bond acceptors (Lipinski definition) is 3. The van der Waals surface area contributed by atoms with E-state index in [4.69, 9.17) is 14.2 Å². The molecule has 104 valence electrons. The Morgan fingerprint density at radius 2 is 1.63 bits per heavy atom. The van der Waals surface area contributed by atoms with Gasteiger partial charge in [-0.1, -0.05) is 24.3 Å². The first-order chi connectivity index (χ1) is 9.40. The van der Waals surface area contributed by atoms with Crippen LogP contribution in [0.3, 0.4) is 0 Å². The second kappa shape index (κ2) is 5.04. The summed E-state index contributed by atoms with van der Waals surface area (Å²) in [5.41, 5.74) is 0. The lowest BCUT2D eigenvalue weighted by molar-refractivity contribution is 0.102. The van der Waals surface area contributed by atoms with Gasteiger partial charge in [-0.3, -0.25) is 0 Å². The van der Waals surface area contributed by atoms with Crippen LogP contribution >= 0.6 is 0 Å². The van der Waals surface area contributed by atoms with Crippen LogP contribution in [0, 0.1) is 23.7 Å². The van der Waals surface area contributed by atoms with Crippen molar-refractivity contribution in [2.45, 2.75) is 25.0 Å². The van der Waals surface area contributed by atoms with Crippen LogP contribution in [-0.2, 0) is 14.2 Å². The summed E-state index contributed by atoms with van der Waals surface area (Å²) in [6.45, 7) is 3.26. The van der Waals surface area contributed by atoms with Gasteiger partial charge in [-0.15, -0.1) is 0 Å². The highest BCUT2D eigenvalue weighted by Crippen LogP contribution is 2.52. The monoisotopic (exact) mass is 262 g/mol. The Hall–Kier alpha value is -0.640. The summed E-state index contributed by atoms with van der Waals surface area (Å²) >= 11 is 0. The second-order valence-electron chi connectivity index (χ2n) is 6.30. The molecule has 0 amide bonds. The molecule has 6 unspecified atom stereocenters. The average Bonchev–Trinajstić information content (AvgIpc) is 3.28. The number of hydrogen-bond donors (Lipinski definition) is 0. The van der Waals surface area contributed by atoms with Gasteiger partial charge in [0.2, 0.25) is 0 Å². The van der Waals surface area contributed by atoms with E-state index in [0.717, 1.165) is 50.1 Å². The van der Waals surface area contributed by atoms with Gasteiger partial charge in [-0.05, 0) is 36.5 Å². The molecule has 6 atom stereocenters. The van der Waals surface area contributed by atoms with E-state index in [9.17, 15) is 0 Å². The Labute approximate surface area is 114 Å². The van der Waals surface area contributed by atoms with Gasteiger partial charge in [-0.2, -0.15) is 0 Å². The van der Waals surface area contributed by atoms with E-state index in [-0.39, 0.29) is 0 Å². The van der Waals surface area contributed by atoms with Crippen molar-refractivity contribution < 1.29 is 14.2 Å². The van der Waals surface area contributed by atoms with E-state index in [1.807, 2.05) is 0 Å². The van der Waals surface area contributed by atoms with Gasteiger partial charge in [0.05, 0.1) is 26.4 Å². The van der Waals surface area contributed by atoms with Crippen LogP contribution in [0.2, 0.25) is 0 Å². The highest BCUT2D eigenvalue weighted by molar-refractivity contribution is 5.21. The summed E-state index contributed by atoms with van der Waals surface area (Å²) in [7, 11) is 0. The Bertz CT molecular complexity index is 369. The van der Waals surface area contributed by atoms with Gasteiger partial charge in [0.1, 0.15) is 12.2 Å². The Morgan fingerprint density at radius 3 is 2.26 bits per heavy atom. The fourth-order valence-corrected chi connectivity index (χ4v) is 3.63. The molecule has 5 rings (SSSR count). The Kier molecular flexibility index (Phi) is 3.22. The Balaban J connectivity index is 0.000000103. The van der Waals surface area contributed by atoms with E-state index in [1.165, 1.54) is 12.8 Å². The van der Waals surface area contributed by atoms with E-state index in [2.05, 4.69) is 24.3 Å². The van der Waals surface area contributed by atoms with Gasteiger partial charge < -0.3 is 14.2 Å². The SMILES string of the molecule is C(OCC1CO1)C1CO1.C1=CC2C3C=CC(C3)C2C1. The van der Waals surface area contributed by atoms with Gasteiger partial charge in [0, 0.05) is 0 Å². The molecule has 3 heteroatoms. The minimum absolute atomic E-state index is 0.392. The summed E-state index contributed by atoms with van der Waals surface area (Å²) in [5, 5.41) is 0. The van der Waals surface area contributed by atoms with Gasteiger partial charge >= 0.3 is 0 Å². The summed E-state index contributed by atoms with van der Waals surface area (Å²) in [4.78, 5) is 0. The third kappa shape index (κ3) is 2.78. The second-order valence-corrected chi connectivity index (χ2v) is 6.30. The maximum absolute atomic E-state index is 5.23. The topological polar surface area (TPSA) is 34.3 Å². The molecule has 19 heavy (non-hydrogen) atoms. The molecule has 2 heterocycles. The zero-order valence-electron chi connectivity index (χ0n) is 11.2. The van der Waals surface area contributed by atoms with Crippen LogP contribution in [0.4, 0.5) is 0 Å². The van der Waals surface area contributed by atoms with Crippen LogP contribution < -0.4 is 0 Å². The lowest BCUT2D eigenvalue weighted by Gasteiger charge is -2.18. The first-order valence-electron chi connectivity index (χ1n) is 7.56. The lowest BCUT2D eigenvalue weighted by Crippen LogP contribution is -2.12. The molecular formula is C16H22O3. The minimum Gasteiger partial charge on any atom is -0.376 e. The highest BCUT2D eigenvalue weighted by atomic mass is 16.6. The number of rotatable bonds is 4. The molecule has 0 N–H and O–H groups in total. The van der Waals surface area contributed by atoms with Crippen LogP contribution in [0.1, 0.15) is 12.8 Å². The van der Waals surface area contributed by atoms with Crippen molar-refractivity contribution in [3.8, 4) is 0 Å². The molecule has 0 aromatic rings. The number of ether oxygens (including phenoxy) is 3. The van der Waals surface area contributed by atoms with E-state index in [0.29, 0.717) is 12.2 Å². The van der Waals surface area contributed by atoms with Crippen molar-refractivity contribution in [2.24, 2.45) is 23.7 Å². The molecular weight excluding hydrogens is 240 g/mol. The van der Waals surface area contributed by atoms with Crippen molar-refractivity contribution in [2.75, 3.05) is 26.4 Å². The number of allylic oxidation sites excluding steroid dienone is 4. The minimum atomic E-state index is 0.392. The van der Waals surface area contributed by atoms with Gasteiger partial charge in [-0.25, -0.2) is 0 Å². The quantitative estimate of drug-likeness (QED) is 0.575. The van der Waals surface area contributed by atoms with Gasteiger partial charge in [0.15, 0.2) is 0 Å². The average molecular weight is 262 g/mol. The molecule has 3 nitrogen and oxygen atoms in total. The largest absolute Gasteiger partial charge is 0.376 e. The zero-order chi connectivity index (χ0) is 12.7. The van der Waals surface area contributed by atoms with E-state index >= 15 is 0 Å². The van der Waals surface area contributed by atoms with E-state index < -0.39 is 0 Å². The molecule has 3 aliphatic carbocycles. The van der Waals surface area contributed by atoms with Crippen LogP contribution in [0.25, 0.3) is 0 Å². The number of fused-ring (bicyclic) bond motifs is 5. The molecule has 0 aromatic carbocycles. The third-order valence-electron chi connectivity index (χ3n) is 4.87. The predicted octanol–water partition coefficient (Wildman–Crippen LogP) is 2.19. The van der Waals surface area contributed by atoms with Crippen molar-refractivity contribution in [3.05, 3.63) is 24.3 Å². The summed E-state index contributed by atoms with van der Waals surface area (Å²) in [6, 6.07) is 0. The van der Waals surface area contributed by atoms with Crippen LogP contribution in [0.15, 0.2) is 24.3 Å².